The van der Waals surface area contributed by atoms with Crippen LogP contribution in [0.3, 0.4) is 0 Å². The van der Waals surface area contributed by atoms with Crippen molar-refractivity contribution in [2.24, 2.45) is 23.3 Å². The summed E-state index contributed by atoms with van der Waals surface area (Å²) in [4.78, 5) is 61.2. The van der Waals surface area contributed by atoms with Gasteiger partial charge in [0.1, 0.15) is 70.2 Å². The zero-order valence-electron chi connectivity index (χ0n) is 38.3. The summed E-state index contributed by atoms with van der Waals surface area (Å²) in [6.45, 7) is 10.6. The number of para-hydroxylation sites is 2. The van der Waals surface area contributed by atoms with E-state index in [4.69, 9.17) is 42.5 Å². The smallest absolute Gasteiger partial charge is 0.267 e. The van der Waals surface area contributed by atoms with Gasteiger partial charge in [-0.25, -0.2) is 9.97 Å². The average Bonchev–Trinajstić information content (AvgIpc) is 4.17. The fourth-order valence-electron chi connectivity index (χ4n) is 9.90. The number of nitrogens with two attached hydrogens (primary N) is 2. The molecule has 3 unspecified atom stereocenters. The van der Waals surface area contributed by atoms with E-state index in [1.807, 2.05) is 123 Å². The molecule has 1 saturated heterocycles. The SMILES string of the molecule is C.C=CC(=O)Cl.C=CC(=O)N1CCC(C2CCn3c2nc(-c2ccc(Oc4ccccc4)cc2)c3C(N)=O)CC1.NC(=O)c1c(-c2ccc(Oc3ccccc3)cc2)nc2n1CCC2C1CC=[NH+]CC1. The third-order valence-electron chi connectivity index (χ3n) is 13.2. The highest BCUT2D eigenvalue weighted by Crippen LogP contribution is 2.43. The van der Waals surface area contributed by atoms with Crippen molar-refractivity contribution < 1.29 is 33.6 Å². The van der Waals surface area contributed by atoms with Crippen LogP contribution in [0.1, 0.15) is 90.4 Å². The minimum atomic E-state index is -0.509. The molecule has 4 aliphatic rings. The average molecular weight is 965 g/mol. The van der Waals surface area contributed by atoms with Crippen molar-refractivity contribution in [1.82, 2.24) is 24.0 Å². The number of nitrogens with zero attached hydrogens (tertiary/aromatic N) is 5. The van der Waals surface area contributed by atoms with Crippen molar-refractivity contribution in [2.75, 3.05) is 19.6 Å². The van der Waals surface area contributed by atoms with Gasteiger partial charge in [-0.05, 0) is 134 Å². The van der Waals surface area contributed by atoms with E-state index in [1.165, 1.54) is 6.08 Å². The number of imidazole rings is 2. The fraction of sp³-hybridized carbons (Fsp3) is 0.291. The molecule has 6 heterocycles. The lowest BCUT2D eigenvalue weighted by Gasteiger charge is -2.33. The normalized spacial score (nSPS) is 17.8. The highest BCUT2D eigenvalue weighted by Gasteiger charge is 2.39. The van der Waals surface area contributed by atoms with Crippen molar-refractivity contribution in [3.05, 3.63) is 158 Å². The second kappa shape index (κ2) is 23.1. The summed E-state index contributed by atoms with van der Waals surface area (Å²) in [6, 6.07) is 34.5. The number of ether oxygens (including phenoxy) is 2. The number of carbonyl (C=O) groups excluding carboxylic acids is 4. The first-order valence-corrected chi connectivity index (χ1v) is 23.7. The van der Waals surface area contributed by atoms with Crippen LogP contribution < -0.4 is 25.9 Å². The molecule has 70 heavy (non-hydrogen) atoms. The monoisotopic (exact) mass is 963 g/mol. The predicted octanol–water partition coefficient (Wildman–Crippen LogP) is 8.42. The number of piperidine rings is 1. The molecule has 362 valence electrons. The second-order valence-electron chi connectivity index (χ2n) is 17.4. The summed E-state index contributed by atoms with van der Waals surface area (Å²) >= 11 is 4.71. The van der Waals surface area contributed by atoms with Crippen LogP contribution in [0, 0.1) is 11.8 Å². The number of likely N-dealkylation sites (tertiary alicyclic amines) is 1. The van der Waals surface area contributed by atoms with Crippen molar-refractivity contribution in [1.29, 1.82) is 0 Å². The van der Waals surface area contributed by atoms with Gasteiger partial charge in [-0.15, -0.1) is 0 Å². The van der Waals surface area contributed by atoms with Crippen LogP contribution >= 0.6 is 11.6 Å². The van der Waals surface area contributed by atoms with Crippen molar-refractivity contribution in [2.45, 2.75) is 70.9 Å². The van der Waals surface area contributed by atoms with Crippen molar-refractivity contribution in [3.63, 3.8) is 0 Å². The highest BCUT2D eigenvalue weighted by atomic mass is 35.5. The first-order chi connectivity index (χ1) is 33.5. The first kappa shape index (κ1) is 50.3. The standard InChI is InChI=1S/C27H28N4O3.C24H24N4O2.C3H3ClO.CH4/c1-2-23(32)30-15-12-18(13-16-30)22-14-17-31-25(26(28)33)24(29-27(22)31)19-8-10-21(11-9-19)34-20-6-4-3-5-7-20;25-23(29)22-21(17-6-8-19(9-7-17)30-18-4-2-1-3-5-18)27-24-20(12-15-28(22)24)16-10-13-26-14-11-16;1-2-3(4)5;/h2-11,18,22H,1,12-17H2,(H2,28,33);1-9,13,16,20H,10-12,14-15H2,(H2,25,29);2H,1H2;1H4/p+1. The van der Waals surface area contributed by atoms with E-state index in [-0.39, 0.29) is 19.3 Å². The molecular formula is C55H60ClN8O6+. The van der Waals surface area contributed by atoms with Gasteiger partial charge in [-0.1, -0.05) is 57.0 Å². The van der Waals surface area contributed by atoms with Crippen LogP contribution in [0.15, 0.2) is 135 Å². The van der Waals surface area contributed by atoms with Crippen LogP contribution in [-0.4, -0.2) is 72.8 Å². The van der Waals surface area contributed by atoms with Gasteiger partial charge in [0, 0.05) is 62.0 Å². The lowest BCUT2D eigenvalue weighted by atomic mass is 9.83. The Morgan fingerprint density at radius 2 is 1.03 bits per heavy atom. The third-order valence-corrected chi connectivity index (χ3v) is 13.4. The Morgan fingerprint density at radius 3 is 1.41 bits per heavy atom. The van der Waals surface area contributed by atoms with Crippen LogP contribution in [0.25, 0.3) is 22.5 Å². The molecule has 0 radical (unpaired) electrons. The minimum Gasteiger partial charge on any atom is -0.457 e. The van der Waals surface area contributed by atoms with Gasteiger partial charge < -0.3 is 35.0 Å². The molecule has 5 N–H and O–H groups in total. The fourth-order valence-corrected chi connectivity index (χ4v) is 9.90. The topological polar surface area (TPSA) is 192 Å². The predicted molar refractivity (Wildman–Crippen MR) is 272 cm³/mol. The van der Waals surface area contributed by atoms with E-state index in [0.717, 1.165) is 117 Å². The quantitative estimate of drug-likeness (QED) is 0.0804. The molecule has 3 atom stereocenters. The van der Waals surface area contributed by atoms with Crippen LogP contribution in [0.5, 0.6) is 23.0 Å². The van der Waals surface area contributed by atoms with E-state index < -0.39 is 17.1 Å². The Hall–Kier alpha value is -7.58. The second-order valence-corrected chi connectivity index (χ2v) is 17.7. The number of nitrogens with one attached hydrogen (secondary N) is 1. The number of aromatic nitrogens is 4. The van der Waals surface area contributed by atoms with Gasteiger partial charge in [0.25, 0.3) is 11.8 Å². The Labute approximate surface area is 413 Å². The lowest BCUT2D eigenvalue weighted by molar-refractivity contribution is -0.460. The molecule has 10 rings (SSSR count). The molecule has 0 saturated carbocycles. The minimum absolute atomic E-state index is 0. The van der Waals surface area contributed by atoms with Gasteiger partial charge in [-0.2, -0.15) is 0 Å². The Bertz CT molecular complexity index is 2830. The first-order valence-electron chi connectivity index (χ1n) is 23.3. The number of halogens is 1. The zero-order valence-corrected chi connectivity index (χ0v) is 39.1. The number of benzene rings is 4. The highest BCUT2D eigenvalue weighted by molar-refractivity contribution is 6.66. The van der Waals surface area contributed by atoms with E-state index in [9.17, 15) is 19.2 Å². The van der Waals surface area contributed by atoms with Gasteiger partial charge in [0.2, 0.25) is 11.1 Å². The maximum atomic E-state index is 12.4. The number of allylic oxidation sites excluding steroid dienone is 1. The summed E-state index contributed by atoms with van der Waals surface area (Å²) in [5.41, 5.74) is 15.6. The van der Waals surface area contributed by atoms with E-state index in [1.54, 1.807) is 0 Å². The Kier molecular flexibility index (Phi) is 16.6. The van der Waals surface area contributed by atoms with Crippen LogP contribution in [-0.2, 0) is 22.7 Å². The molecule has 6 aromatic rings. The number of hydrogen-bond donors (Lipinski definition) is 3. The number of hydrogen-bond acceptors (Lipinski definition) is 8. The van der Waals surface area contributed by atoms with Crippen molar-refractivity contribution in [3.8, 4) is 45.5 Å². The maximum Gasteiger partial charge on any atom is 0.267 e. The number of rotatable bonds is 12. The van der Waals surface area contributed by atoms with Crippen LogP contribution in [0.4, 0.5) is 0 Å². The number of carbonyl (C=O) groups is 4. The molecule has 0 bridgehead atoms. The summed E-state index contributed by atoms with van der Waals surface area (Å²) in [5.74, 6) is 5.64. The number of fused-ring (bicyclic) bond motifs is 2. The molecule has 2 aromatic heterocycles. The number of amides is 3. The van der Waals surface area contributed by atoms with Gasteiger partial charge in [-0.3, -0.25) is 24.2 Å². The number of primary amides is 2. The molecule has 4 aromatic carbocycles. The molecule has 4 aliphatic heterocycles. The van der Waals surface area contributed by atoms with Gasteiger partial charge >= 0.3 is 0 Å². The van der Waals surface area contributed by atoms with E-state index in [2.05, 4.69) is 24.4 Å². The summed E-state index contributed by atoms with van der Waals surface area (Å²) in [6.07, 6.45) is 10.5. The van der Waals surface area contributed by atoms with Crippen molar-refractivity contribution >= 4 is 40.8 Å². The lowest BCUT2D eigenvalue weighted by Crippen LogP contribution is -2.71. The molecule has 0 aliphatic carbocycles. The summed E-state index contributed by atoms with van der Waals surface area (Å²) < 4.78 is 15.8. The maximum absolute atomic E-state index is 12.4. The molecule has 1 fully saturated rings. The van der Waals surface area contributed by atoms with Gasteiger partial charge in [0.15, 0.2) is 0 Å². The summed E-state index contributed by atoms with van der Waals surface area (Å²) in [5, 5.41) is -0.509. The molecule has 0 spiro atoms. The molecule has 14 nitrogen and oxygen atoms in total. The molecule has 15 heteroatoms. The Morgan fingerprint density at radius 1 is 0.600 bits per heavy atom. The molecular weight excluding hydrogens is 904 g/mol. The van der Waals surface area contributed by atoms with E-state index in [0.29, 0.717) is 46.3 Å². The van der Waals surface area contributed by atoms with Crippen LogP contribution in [0.2, 0.25) is 0 Å². The Balaban J connectivity index is 0.000000187. The van der Waals surface area contributed by atoms with Gasteiger partial charge in [0.05, 0.1) is 0 Å². The zero-order chi connectivity index (χ0) is 48.4. The van der Waals surface area contributed by atoms with E-state index >= 15 is 0 Å². The molecule has 3 amide bonds. The summed E-state index contributed by atoms with van der Waals surface area (Å²) in [7, 11) is 0. The largest absolute Gasteiger partial charge is 0.457 e. The third kappa shape index (κ3) is 11.5.